The van der Waals surface area contributed by atoms with Gasteiger partial charge in [0.2, 0.25) is 11.5 Å². The summed E-state index contributed by atoms with van der Waals surface area (Å²) in [6.45, 7) is 1.83. The highest BCUT2D eigenvalue weighted by Crippen LogP contribution is 2.09. The maximum Gasteiger partial charge on any atom is 0.286 e. The fraction of sp³-hybridized carbons (Fsp3) is 0.188. The van der Waals surface area contributed by atoms with Crippen molar-refractivity contribution in [3.8, 4) is 5.88 Å². The molecule has 0 spiro atoms. The minimum atomic E-state index is -0.476. The lowest BCUT2D eigenvalue weighted by Gasteiger charge is -2.07. The average Bonchev–Trinajstić information content (AvgIpc) is 2.81. The Morgan fingerprint density at radius 3 is 2.65 bits per heavy atom. The number of aromatic nitrogens is 3. The maximum atomic E-state index is 12.6. The topological polar surface area (TPSA) is 92.6 Å². The van der Waals surface area contributed by atoms with E-state index in [2.05, 4.69) is 4.98 Å². The third-order valence-corrected chi connectivity index (χ3v) is 3.60. The number of aliphatic hydroxyl groups excluding tert-OH is 1. The minimum absolute atomic E-state index is 0.104. The molecule has 2 aromatic heterocycles. The molecule has 0 radical (unpaired) electrons. The third kappa shape index (κ3) is 2.46. The van der Waals surface area contributed by atoms with E-state index in [9.17, 15) is 9.90 Å². The normalized spacial score (nSPS) is 12.4. The van der Waals surface area contributed by atoms with Gasteiger partial charge in [-0.15, -0.1) is 0 Å². The molecule has 2 N–H and O–H groups in total. The lowest BCUT2D eigenvalue weighted by Crippen LogP contribution is -2.36. The van der Waals surface area contributed by atoms with E-state index in [1.54, 1.807) is 10.6 Å². The molecular weight excluding hydrogens is 296 g/mol. The van der Waals surface area contributed by atoms with Crippen LogP contribution in [0.1, 0.15) is 12.5 Å². The Morgan fingerprint density at radius 1 is 1.35 bits per heavy atom. The summed E-state index contributed by atoms with van der Waals surface area (Å²) in [6, 6.07) is 11.1. The van der Waals surface area contributed by atoms with Crippen molar-refractivity contribution >= 4 is 11.4 Å². The number of benzene rings is 1. The summed E-state index contributed by atoms with van der Waals surface area (Å²) in [5.74, 6) is 0.136. The minimum Gasteiger partial charge on any atom is -0.510 e. The first-order chi connectivity index (χ1) is 11.0. The fourth-order valence-corrected chi connectivity index (χ4v) is 2.59. The first-order valence-electron chi connectivity index (χ1n) is 7.01. The molecule has 118 valence electrons. The van der Waals surface area contributed by atoms with Crippen molar-refractivity contribution in [2.24, 2.45) is 0 Å². The lowest BCUT2D eigenvalue weighted by atomic mass is 10.2. The second kappa shape index (κ2) is 5.60. The smallest absolute Gasteiger partial charge is 0.286 e. The van der Waals surface area contributed by atoms with E-state index in [4.69, 9.17) is 10.1 Å². The Hall–Kier alpha value is -3.09. The zero-order valence-electron chi connectivity index (χ0n) is 12.8. The van der Waals surface area contributed by atoms with E-state index >= 15 is 0 Å². The van der Waals surface area contributed by atoms with Crippen LogP contribution in [0.25, 0.3) is 11.4 Å². The second-order valence-corrected chi connectivity index (χ2v) is 5.13. The van der Waals surface area contributed by atoms with Crippen LogP contribution in [0.4, 0.5) is 0 Å². The summed E-state index contributed by atoms with van der Waals surface area (Å²) in [6.07, 6.45) is 0. The van der Waals surface area contributed by atoms with Crippen LogP contribution in [-0.4, -0.2) is 26.2 Å². The van der Waals surface area contributed by atoms with Gasteiger partial charge in [0.1, 0.15) is 16.8 Å². The van der Waals surface area contributed by atoms with Gasteiger partial charge in [0.05, 0.1) is 7.11 Å². The van der Waals surface area contributed by atoms with Gasteiger partial charge in [-0.05, 0) is 12.5 Å². The Balaban J connectivity index is 2.41. The van der Waals surface area contributed by atoms with Crippen LogP contribution in [0, 0.1) is 5.41 Å². The number of hydrogen-bond donors (Lipinski definition) is 2. The monoisotopic (exact) mass is 312 g/mol. The van der Waals surface area contributed by atoms with E-state index < -0.39 is 5.56 Å². The van der Waals surface area contributed by atoms with Gasteiger partial charge in [0, 0.05) is 12.6 Å². The SMILES string of the molecule is COc1cc2n(Cc3ccccc3)/c(=C(/C)O)c(=O)n2c(=N)n1. The van der Waals surface area contributed by atoms with Gasteiger partial charge in [0.15, 0.2) is 0 Å². The zero-order chi connectivity index (χ0) is 16.6. The first-order valence-corrected chi connectivity index (χ1v) is 7.01. The van der Waals surface area contributed by atoms with Crippen LogP contribution in [0.15, 0.2) is 41.2 Å². The first kappa shape index (κ1) is 14.8. The summed E-state index contributed by atoms with van der Waals surface area (Å²) >= 11 is 0. The molecule has 0 amide bonds. The van der Waals surface area contributed by atoms with Crippen molar-refractivity contribution in [2.75, 3.05) is 7.11 Å². The van der Waals surface area contributed by atoms with Gasteiger partial charge in [-0.2, -0.15) is 4.98 Å². The standard InChI is InChI=1S/C16H16N4O3/c1-10(21)14-15(22)20-13(8-12(23-2)18-16(20)17)19(14)9-11-6-4-3-5-7-11/h3-8,17,21H,9H2,1-2H3/b14-10-,17-16?. The van der Waals surface area contributed by atoms with Gasteiger partial charge < -0.3 is 14.4 Å². The van der Waals surface area contributed by atoms with E-state index in [1.807, 2.05) is 30.3 Å². The predicted molar refractivity (Wildman–Crippen MR) is 84.3 cm³/mol. The number of methoxy groups -OCH3 is 1. The van der Waals surface area contributed by atoms with Crippen LogP contribution in [-0.2, 0) is 6.54 Å². The number of hydrogen-bond acceptors (Lipinski definition) is 5. The number of nitrogens with zero attached hydrogens (tertiary/aromatic N) is 3. The summed E-state index contributed by atoms with van der Waals surface area (Å²) in [5.41, 5.74) is 0.698. The van der Waals surface area contributed by atoms with Gasteiger partial charge >= 0.3 is 0 Å². The molecular formula is C16H16N4O3. The number of ether oxygens (including phenoxy) is 1. The highest BCUT2D eigenvalue weighted by atomic mass is 16.5. The Morgan fingerprint density at radius 2 is 2.04 bits per heavy atom. The molecule has 0 aliphatic heterocycles. The highest BCUT2D eigenvalue weighted by Gasteiger charge is 2.15. The van der Waals surface area contributed by atoms with Crippen LogP contribution >= 0.6 is 0 Å². The molecule has 0 fully saturated rings. The van der Waals surface area contributed by atoms with Crippen molar-refractivity contribution in [3.63, 3.8) is 0 Å². The molecule has 1 aromatic carbocycles. The molecule has 23 heavy (non-hydrogen) atoms. The van der Waals surface area contributed by atoms with Crippen LogP contribution in [0.2, 0.25) is 0 Å². The summed E-state index contributed by atoms with van der Waals surface area (Å²) in [5, 5.41) is 18.0. The Kier molecular flexibility index (Phi) is 3.61. The predicted octanol–water partition coefficient (Wildman–Crippen LogP) is 0.437. The number of aliphatic hydroxyl groups is 1. The lowest BCUT2D eigenvalue weighted by molar-refractivity contribution is 0.394. The largest absolute Gasteiger partial charge is 0.510 e. The van der Waals surface area contributed by atoms with Crippen molar-refractivity contribution in [1.29, 1.82) is 5.41 Å². The molecule has 7 heteroatoms. The van der Waals surface area contributed by atoms with Gasteiger partial charge in [-0.3, -0.25) is 10.2 Å². The molecule has 0 aliphatic rings. The van der Waals surface area contributed by atoms with Crippen LogP contribution in [0.3, 0.4) is 0 Å². The number of rotatable bonds is 3. The third-order valence-electron chi connectivity index (χ3n) is 3.60. The van der Waals surface area contributed by atoms with Gasteiger partial charge in [-0.1, -0.05) is 30.3 Å². The fourth-order valence-electron chi connectivity index (χ4n) is 2.59. The van der Waals surface area contributed by atoms with E-state index in [0.29, 0.717) is 12.2 Å². The summed E-state index contributed by atoms with van der Waals surface area (Å²) in [4.78, 5) is 16.5. The van der Waals surface area contributed by atoms with Crippen molar-refractivity contribution in [1.82, 2.24) is 14.0 Å². The molecule has 7 nitrogen and oxygen atoms in total. The van der Waals surface area contributed by atoms with Crippen molar-refractivity contribution in [3.05, 3.63) is 63.3 Å². The molecule has 0 aliphatic carbocycles. The number of imidazole rings is 1. The Labute approximate surface area is 131 Å². The van der Waals surface area contributed by atoms with Crippen molar-refractivity contribution in [2.45, 2.75) is 13.5 Å². The van der Waals surface area contributed by atoms with Gasteiger partial charge in [0.25, 0.3) is 5.56 Å². The Bertz CT molecular complexity index is 1030. The van der Waals surface area contributed by atoms with E-state index in [0.717, 1.165) is 9.96 Å². The van der Waals surface area contributed by atoms with E-state index in [1.165, 1.54) is 14.0 Å². The maximum absolute atomic E-state index is 12.6. The molecule has 3 rings (SSSR count). The molecule has 0 atom stereocenters. The van der Waals surface area contributed by atoms with Crippen LogP contribution < -0.4 is 21.3 Å². The number of fused-ring (bicyclic) bond motifs is 1. The van der Waals surface area contributed by atoms with E-state index in [-0.39, 0.29) is 22.6 Å². The molecule has 0 saturated heterocycles. The highest BCUT2D eigenvalue weighted by molar-refractivity contribution is 5.46. The summed E-state index contributed by atoms with van der Waals surface area (Å²) < 4.78 is 7.90. The zero-order valence-corrected chi connectivity index (χ0v) is 12.8. The van der Waals surface area contributed by atoms with Crippen LogP contribution in [0.5, 0.6) is 5.88 Å². The second-order valence-electron chi connectivity index (χ2n) is 5.13. The molecule has 2 heterocycles. The molecule has 0 unspecified atom stereocenters. The number of nitrogens with one attached hydrogen (secondary N) is 1. The average molecular weight is 312 g/mol. The van der Waals surface area contributed by atoms with Gasteiger partial charge in [-0.25, -0.2) is 4.40 Å². The molecule has 0 bridgehead atoms. The summed E-state index contributed by atoms with van der Waals surface area (Å²) in [7, 11) is 1.45. The molecule has 0 saturated carbocycles. The molecule has 3 aromatic rings. The quantitative estimate of drug-likeness (QED) is 0.734. The van der Waals surface area contributed by atoms with Crippen molar-refractivity contribution < 1.29 is 9.84 Å².